The summed E-state index contributed by atoms with van der Waals surface area (Å²) in [5.41, 5.74) is 1.93. The minimum Gasteiger partial charge on any atom is -0.439 e. The van der Waals surface area contributed by atoms with E-state index < -0.39 is 0 Å². The van der Waals surface area contributed by atoms with E-state index in [-0.39, 0.29) is 0 Å². The van der Waals surface area contributed by atoms with Gasteiger partial charge in [0.1, 0.15) is 11.4 Å². The van der Waals surface area contributed by atoms with E-state index in [0.717, 1.165) is 16.2 Å². The van der Waals surface area contributed by atoms with Crippen LogP contribution in [-0.4, -0.2) is 9.97 Å². The van der Waals surface area contributed by atoms with Crippen LogP contribution in [0.15, 0.2) is 33.1 Å². The molecule has 0 aliphatic rings. The van der Waals surface area contributed by atoms with Gasteiger partial charge in [0.05, 0.1) is 5.69 Å². The minimum atomic E-state index is 0.478. The number of pyridine rings is 1. The Morgan fingerprint density at radius 3 is 2.87 bits per heavy atom. The van der Waals surface area contributed by atoms with Crippen molar-refractivity contribution >= 4 is 23.4 Å². The molecule has 5 heteroatoms. The molecule has 0 spiro atoms. The molecule has 0 aliphatic heterocycles. The van der Waals surface area contributed by atoms with E-state index in [1.807, 2.05) is 13.8 Å². The molecule has 15 heavy (non-hydrogen) atoms. The van der Waals surface area contributed by atoms with E-state index in [2.05, 4.69) is 9.97 Å². The summed E-state index contributed by atoms with van der Waals surface area (Å²) in [6.45, 7) is 3.86. The number of aromatic nitrogens is 2. The van der Waals surface area contributed by atoms with E-state index in [0.29, 0.717) is 10.4 Å². The highest BCUT2D eigenvalue weighted by Crippen LogP contribution is 2.30. The van der Waals surface area contributed by atoms with Crippen LogP contribution in [0.5, 0.6) is 0 Å². The molecule has 2 heterocycles. The molecule has 0 N–H and O–H groups in total. The molecule has 0 atom stereocenters. The molecule has 0 unspecified atom stereocenters. The summed E-state index contributed by atoms with van der Waals surface area (Å²) < 4.78 is 5.25. The highest BCUT2D eigenvalue weighted by Gasteiger charge is 2.07. The maximum atomic E-state index is 5.81. The maximum Gasteiger partial charge on any atom is 0.260 e. The van der Waals surface area contributed by atoms with Crippen molar-refractivity contribution in [1.29, 1.82) is 0 Å². The number of rotatable bonds is 2. The molecular formula is C10H9ClN2OS. The van der Waals surface area contributed by atoms with Crippen LogP contribution < -0.4 is 0 Å². The normalized spacial score (nSPS) is 10.6. The summed E-state index contributed by atoms with van der Waals surface area (Å²) in [6.07, 6.45) is 3.36. The second kappa shape index (κ2) is 4.24. The Morgan fingerprint density at radius 1 is 1.40 bits per heavy atom. The van der Waals surface area contributed by atoms with Crippen LogP contribution in [0, 0.1) is 13.8 Å². The van der Waals surface area contributed by atoms with Gasteiger partial charge in [0.25, 0.3) is 5.22 Å². The van der Waals surface area contributed by atoms with E-state index in [1.165, 1.54) is 11.8 Å². The van der Waals surface area contributed by atoms with Gasteiger partial charge in [0.15, 0.2) is 0 Å². The first-order chi connectivity index (χ1) is 7.15. The highest BCUT2D eigenvalue weighted by atomic mass is 35.5. The molecule has 0 bridgehead atoms. The van der Waals surface area contributed by atoms with Gasteiger partial charge in [-0.2, -0.15) is 0 Å². The van der Waals surface area contributed by atoms with Gasteiger partial charge in [-0.1, -0.05) is 11.6 Å². The smallest absolute Gasteiger partial charge is 0.260 e. The first-order valence-corrected chi connectivity index (χ1v) is 5.57. The largest absolute Gasteiger partial charge is 0.439 e. The fourth-order valence-electron chi connectivity index (χ4n) is 1.06. The van der Waals surface area contributed by atoms with Crippen LogP contribution in [-0.2, 0) is 0 Å². The molecule has 2 rings (SSSR count). The summed E-state index contributed by atoms with van der Waals surface area (Å²) in [5.74, 6) is 0. The van der Waals surface area contributed by atoms with E-state index in [9.17, 15) is 0 Å². The molecule has 0 saturated heterocycles. The van der Waals surface area contributed by atoms with E-state index >= 15 is 0 Å². The highest BCUT2D eigenvalue weighted by molar-refractivity contribution is 7.99. The Morgan fingerprint density at radius 2 is 2.20 bits per heavy atom. The van der Waals surface area contributed by atoms with Crippen LogP contribution >= 0.6 is 23.4 Å². The Labute approximate surface area is 96.9 Å². The van der Waals surface area contributed by atoms with Crippen LogP contribution in [0.4, 0.5) is 0 Å². The second-order valence-corrected chi connectivity index (χ2v) is 4.51. The molecule has 0 fully saturated rings. The number of aryl methyl sites for hydroxylation is 2. The van der Waals surface area contributed by atoms with Crippen molar-refractivity contribution < 1.29 is 4.42 Å². The third-order valence-electron chi connectivity index (χ3n) is 1.82. The summed E-state index contributed by atoms with van der Waals surface area (Å²) in [7, 11) is 0. The second-order valence-electron chi connectivity index (χ2n) is 3.13. The number of halogens is 1. The lowest BCUT2D eigenvalue weighted by molar-refractivity contribution is 0.454. The Balaban J connectivity index is 2.27. The summed E-state index contributed by atoms with van der Waals surface area (Å²) in [5, 5.41) is 1.10. The van der Waals surface area contributed by atoms with E-state index in [1.54, 1.807) is 18.5 Å². The van der Waals surface area contributed by atoms with Gasteiger partial charge in [0, 0.05) is 11.1 Å². The summed E-state index contributed by atoms with van der Waals surface area (Å²) in [4.78, 5) is 9.21. The zero-order chi connectivity index (χ0) is 10.8. The van der Waals surface area contributed by atoms with E-state index in [4.69, 9.17) is 16.0 Å². The van der Waals surface area contributed by atoms with Crippen LogP contribution in [0.3, 0.4) is 0 Å². The minimum absolute atomic E-state index is 0.478. The first-order valence-electron chi connectivity index (χ1n) is 4.37. The molecule has 0 saturated carbocycles. The molecule has 0 aliphatic carbocycles. The average molecular weight is 241 g/mol. The average Bonchev–Trinajstić information content (AvgIpc) is 2.58. The fraction of sp³-hybridized carbons (Fsp3) is 0.200. The van der Waals surface area contributed by atoms with Crippen molar-refractivity contribution in [3.63, 3.8) is 0 Å². The van der Waals surface area contributed by atoms with Gasteiger partial charge in [-0.05, 0) is 37.2 Å². The molecule has 78 valence electrons. The molecule has 2 aromatic heterocycles. The van der Waals surface area contributed by atoms with Crippen molar-refractivity contribution in [3.05, 3.63) is 34.9 Å². The number of hydrogen-bond donors (Lipinski definition) is 0. The third kappa shape index (κ3) is 2.52. The molecule has 2 aromatic rings. The lowest BCUT2D eigenvalue weighted by Crippen LogP contribution is -1.83. The van der Waals surface area contributed by atoms with Crippen molar-refractivity contribution in [2.24, 2.45) is 0 Å². The van der Waals surface area contributed by atoms with Crippen LogP contribution in [0.1, 0.15) is 11.3 Å². The standard InChI is InChI=1S/C10H9ClN2OS/c1-6-4-12-9(11)3-8(6)15-10-13-7(2)5-14-10/h3-5H,1-2H3. The van der Waals surface area contributed by atoms with Crippen molar-refractivity contribution in [2.45, 2.75) is 24.0 Å². The molecule has 0 amide bonds. The Bertz CT molecular complexity index is 484. The van der Waals surface area contributed by atoms with Crippen molar-refractivity contribution in [2.75, 3.05) is 0 Å². The predicted octanol–water partition coefficient (Wildman–Crippen LogP) is 3.49. The molecule has 0 radical (unpaired) electrons. The van der Waals surface area contributed by atoms with Gasteiger partial charge >= 0.3 is 0 Å². The molecular weight excluding hydrogens is 232 g/mol. The number of oxazole rings is 1. The van der Waals surface area contributed by atoms with Gasteiger partial charge < -0.3 is 4.42 Å². The topological polar surface area (TPSA) is 38.9 Å². The van der Waals surface area contributed by atoms with Crippen molar-refractivity contribution in [3.8, 4) is 0 Å². The Hall–Kier alpha value is -1.00. The maximum absolute atomic E-state index is 5.81. The lowest BCUT2D eigenvalue weighted by atomic mass is 10.3. The zero-order valence-corrected chi connectivity index (χ0v) is 9.89. The van der Waals surface area contributed by atoms with Gasteiger partial charge in [-0.15, -0.1) is 0 Å². The zero-order valence-electron chi connectivity index (χ0n) is 8.32. The van der Waals surface area contributed by atoms with Gasteiger partial charge in [-0.25, -0.2) is 9.97 Å². The number of nitrogens with zero attached hydrogens (tertiary/aromatic N) is 2. The number of hydrogen-bond acceptors (Lipinski definition) is 4. The lowest BCUT2D eigenvalue weighted by Gasteiger charge is -2.01. The molecule has 0 aromatic carbocycles. The summed E-state index contributed by atoms with van der Waals surface area (Å²) in [6, 6.07) is 1.81. The fourth-order valence-corrected chi connectivity index (χ4v) is 2.15. The third-order valence-corrected chi connectivity index (χ3v) is 3.04. The summed E-state index contributed by atoms with van der Waals surface area (Å²) >= 11 is 7.26. The molecule has 3 nitrogen and oxygen atoms in total. The monoisotopic (exact) mass is 240 g/mol. The van der Waals surface area contributed by atoms with Gasteiger partial charge in [0.2, 0.25) is 0 Å². The first kappa shape index (κ1) is 10.5. The van der Waals surface area contributed by atoms with Crippen LogP contribution in [0.25, 0.3) is 0 Å². The van der Waals surface area contributed by atoms with Crippen LogP contribution in [0.2, 0.25) is 5.15 Å². The van der Waals surface area contributed by atoms with Crippen molar-refractivity contribution in [1.82, 2.24) is 9.97 Å². The predicted molar refractivity (Wildman–Crippen MR) is 59.3 cm³/mol. The van der Waals surface area contributed by atoms with Gasteiger partial charge in [-0.3, -0.25) is 0 Å². The Kier molecular flexibility index (Phi) is 2.98. The quantitative estimate of drug-likeness (QED) is 0.754. The SMILES string of the molecule is Cc1coc(Sc2cc(Cl)ncc2C)n1.